The van der Waals surface area contributed by atoms with Crippen molar-refractivity contribution in [3.63, 3.8) is 0 Å². The van der Waals surface area contributed by atoms with Gasteiger partial charge in [0.15, 0.2) is 10.8 Å². The standard InChI is InChI=1S/C22H18Cl2N4O2S/c1-12(2)28-21(30)16-8-4-3-7-15(16)19(27-28)20(29)26-22-25-11-14(31-22)10-13-6-5-9-17(23)18(13)24/h3-9,11-12H,10H2,1-2H3,(H,25,26,29). The van der Waals surface area contributed by atoms with Gasteiger partial charge in [0.25, 0.3) is 11.5 Å². The van der Waals surface area contributed by atoms with Crippen molar-refractivity contribution >= 4 is 56.3 Å². The summed E-state index contributed by atoms with van der Waals surface area (Å²) in [7, 11) is 0. The second-order valence-electron chi connectivity index (χ2n) is 7.21. The zero-order valence-corrected chi connectivity index (χ0v) is 19.1. The minimum Gasteiger partial charge on any atom is -0.296 e. The maximum atomic E-state index is 13.0. The average molecular weight is 473 g/mol. The highest BCUT2D eigenvalue weighted by molar-refractivity contribution is 7.15. The first kappa shape index (κ1) is 21.5. The van der Waals surface area contributed by atoms with E-state index in [4.69, 9.17) is 23.2 Å². The number of hydrogen-bond donors (Lipinski definition) is 1. The van der Waals surface area contributed by atoms with Crippen LogP contribution >= 0.6 is 34.5 Å². The van der Waals surface area contributed by atoms with Crippen LogP contribution in [-0.4, -0.2) is 20.7 Å². The Labute approximate surface area is 192 Å². The van der Waals surface area contributed by atoms with Crippen molar-refractivity contribution in [3.05, 3.63) is 85.2 Å². The summed E-state index contributed by atoms with van der Waals surface area (Å²) in [6.07, 6.45) is 2.24. The number of nitrogens with one attached hydrogen (secondary N) is 1. The van der Waals surface area contributed by atoms with Crippen molar-refractivity contribution in [2.75, 3.05) is 5.32 Å². The number of nitrogens with zero attached hydrogens (tertiary/aromatic N) is 3. The molecule has 2 heterocycles. The number of carbonyl (C=O) groups excluding carboxylic acids is 1. The number of rotatable bonds is 5. The monoisotopic (exact) mass is 472 g/mol. The van der Waals surface area contributed by atoms with E-state index in [1.165, 1.54) is 16.0 Å². The summed E-state index contributed by atoms with van der Waals surface area (Å²) in [4.78, 5) is 30.9. The normalized spacial score (nSPS) is 11.3. The van der Waals surface area contributed by atoms with E-state index in [0.717, 1.165) is 10.4 Å². The predicted octanol–water partition coefficient (Wildman–Crippen LogP) is 5.58. The molecule has 4 rings (SSSR count). The van der Waals surface area contributed by atoms with Crippen molar-refractivity contribution in [1.82, 2.24) is 14.8 Å². The highest BCUT2D eigenvalue weighted by Crippen LogP contribution is 2.29. The first-order valence-electron chi connectivity index (χ1n) is 9.55. The number of hydrogen-bond acceptors (Lipinski definition) is 5. The molecule has 0 aliphatic heterocycles. The van der Waals surface area contributed by atoms with Gasteiger partial charge in [0.1, 0.15) is 0 Å². The summed E-state index contributed by atoms with van der Waals surface area (Å²) in [6, 6.07) is 12.3. The molecule has 0 atom stereocenters. The maximum absolute atomic E-state index is 13.0. The zero-order chi connectivity index (χ0) is 22.1. The third kappa shape index (κ3) is 4.35. The fraction of sp³-hybridized carbons (Fsp3) is 0.182. The molecule has 6 nitrogen and oxygen atoms in total. The number of carbonyl (C=O) groups is 1. The first-order valence-corrected chi connectivity index (χ1v) is 11.1. The smallest absolute Gasteiger partial charge is 0.278 e. The quantitative estimate of drug-likeness (QED) is 0.410. The minimum atomic E-state index is -0.424. The van der Waals surface area contributed by atoms with E-state index in [2.05, 4.69) is 15.4 Å². The zero-order valence-electron chi connectivity index (χ0n) is 16.7. The Balaban J connectivity index is 1.62. The molecule has 9 heteroatoms. The lowest BCUT2D eigenvalue weighted by Crippen LogP contribution is -2.28. The Bertz CT molecular complexity index is 1350. The van der Waals surface area contributed by atoms with Gasteiger partial charge in [-0.2, -0.15) is 5.10 Å². The Hall–Kier alpha value is -2.74. The van der Waals surface area contributed by atoms with Gasteiger partial charge in [0.05, 0.1) is 21.5 Å². The second-order valence-corrected chi connectivity index (χ2v) is 9.11. The van der Waals surface area contributed by atoms with Crippen molar-refractivity contribution in [3.8, 4) is 0 Å². The summed E-state index contributed by atoms with van der Waals surface area (Å²) in [5.41, 5.74) is 0.836. The molecule has 0 aliphatic rings. The third-order valence-electron chi connectivity index (χ3n) is 4.70. The summed E-state index contributed by atoms with van der Waals surface area (Å²) in [5, 5.41) is 9.52. The van der Waals surface area contributed by atoms with Crippen LogP contribution in [0, 0.1) is 0 Å². The SMILES string of the molecule is CC(C)n1nc(C(=O)Nc2ncc(Cc3cccc(Cl)c3Cl)s2)c2ccccc2c1=O. The van der Waals surface area contributed by atoms with Crippen LogP contribution < -0.4 is 10.9 Å². The third-order valence-corrected chi connectivity index (χ3v) is 6.47. The van der Waals surface area contributed by atoms with Crippen LogP contribution in [0.15, 0.2) is 53.5 Å². The molecule has 0 aliphatic carbocycles. The second kappa shape index (κ2) is 8.78. The fourth-order valence-electron chi connectivity index (χ4n) is 3.20. The number of benzene rings is 2. The van der Waals surface area contributed by atoms with Gasteiger partial charge in [0.2, 0.25) is 0 Å². The van der Waals surface area contributed by atoms with Crippen LogP contribution in [0.2, 0.25) is 10.0 Å². The van der Waals surface area contributed by atoms with Gasteiger partial charge in [-0.15, -0.1) is 11.3 Å². The number of fused-ring (bicyclic) bond motifs is 1. The van der Waals surface area contributed by atoms with E-state index < -0.39 is 5.91 Å². The van der Waals surface area contributed by atoms with E-state index >= 15 is 0 Å². The molecule has 2 aromatic carbocycles. The summed E-state index contributed by atoms with van der Waals surface area (Å²) < 4.78 is 1.33. The highest BCUT2D eigenvalue weighted by atomic mass is 35.5. The molecule has 0 saturated carbocycles. The molecule has 31 heavy (non-hydrogen) atoms. The van der Waals surface area contributed by atoms with Crippen LogP contribution in [0.3, 0.4) is 0 Å². The molecule has 0 unspecified atom stereocenters. The lowest BCUT2D eigenvalue weighted by atomic mass is 10.1. The van der Waals surface area contributed by atoms with E-state index in [0.29, 0.717) is 32.4 Å². The van der Waals surface area contributed by atoms with E-state index in [1.54, 1.807) is 36.5 Å². The molecule has 0 fully saturated rings. The molecule has 4 aromatic rings. The number of thiazole rings is 1. The molecule has 0 spiro atoms. The van der Waals surface area contributed by atoms with E-state index in [-0.39, 0.29) is 17.3 Å². The molecular weight excluding hydrogens is 455 g/mol. The molecule has 0 bridgehead atoms. The predicted molar refractivity (Wildman–Crippen MR) is 126 cm³/mol. The first-order chi connectivity index (χ1) is 14.8. The molecule has 2 aromatic heterocycles. The van der Waals surface area contributed by atoms with Crippen LogP contribution in [0.5, 0.6) is 0 Å². The Morgan fingerprint density at radius 1 is 1.13 bits per heavy atom. The molecular formula is C22H18Cl2N4O2S. The topological polar surface area (TPSA) is 76.9 Å². The Morgan fingerprint density at radius 2 is 1.87 bits per heavy atom. The van der Waals surface area contributed by atoms with Crippen LogP contribution in [0.1, 0.15) is 40.8 Å². The number of aromatic nitrogens is 3. The number of amides is 1. The van der Waals surface area contributed by atoms with Gasteiger partial charge in [-0.05, 0) is 31.5 Å². The van der Waals surface area contributed by atoms with Crippen molar-refractivity contribution < 1.29 is 4.79 Å². The van der Waals surface area contributed by atoms with Crippen molar-refractivity contribution in [2.24, 2.45) is 0 Å². The van der Waals surface area contributed by atoms with Crippen molar-refractivity contribution in [1.29, 1.82) is 0 Å². The van der Waals surface area contributed by atoms with Gasteiger partial charge in [0, 0.05) is 22.9 Å². The molecule has 0 radical (unpaired) electrons. The molecule has 0 saturated heterocycles. The minimum absolute atomic E-state index is 0.179. The van der Waals surface area contributed by atoms with Gasteiger partial charge >= 0.3 is 0 Å². The highest BCUT2D eigenvalue weighted by Gasteiger charge is 2.19. The average Bonchev–Trinajstić information content (AvgIpc) is 3.18. The van der Waals surface area contributed by atoms with E-state index in [9.17, 15) is 9.59 Å². The number of anilines is 1. The fourth-order valence-corrected chi connectivity index (χ4v) is 4.42. The Morgan fingerprint density at radius 3 is 2.61 bits per heavy atom. The van der Waals surface area contributed by atoms with Gasteiger partial charge < -0.3 is 0 Å². The number of halogens is 2. The lowest BCUT2D eigenvalue weighted by molar-refractivity contribution is 0.102. The van der Waals surface area contributed by atoms with Crippen molar-refractivity contribution in [2.45, 2.75) is 26.3 Å². The van der Waals surface area contributed by atoms with Crippen LogP contribution in [0.4, 0.5) is 5.13 Å². The van der Waals surface area contributed by atoms with Crippen LogP contribution in [0.25, 0.3) is 10.8 Å². The van der Waals surface area contributed by atoms with Gasteiger partial charge in [-0.3, -0.25) is 14.9 Å². The van der Waals surface area contributed by atoms with Crippen LogP contribution in [-0.2, 0) is 6.42 Å². The summed E-state index contributed by atoms with van der Waals surface area (Å²) in [5.74, 6) is -0.424. The molecule has 1 amide bonds. The molecule has 158 valence electrons. The Kier molecular flexibility index (Phi) is 6.09. The lowest BCUT2D eigenvalue weighted by Gasteiger charge is -2.12. The molecule has 1 N–H and O–H groups in total. The van der Waals surface area contributed by atoms with Gasteiger partial charge in [-0.1, -0.05) is 53.5 Å². The maximum Gasteiger partial charge on any atom is 0.278 e. The summed E-state index contributed by atoms with van der Waals surface area (Å²) in [6.45, 7) is 3.69. The largest absolute Gasteiger partial charge is 0.296 e. The van der Waals surface area contributed by atoms with E-state index in [1.807, 2.05) is 26.0 Å². The van der Waals surface area contributed by atoms with Gasteiger partial charge in [-0.25, -0.2) is 9.67 Å². The summed E-state index contributed by atoms with van der Waals surface area (Å²) >= 11 is 13.7.